The molecule has 3 heteroatoms. The monoisotopic (exact) mass is 269 g/mol. The lowest BCUT2D eigenvalue weighted by Gasteiger charge is -2.15. The third kappa shape index (κ3) is 4.44. The minimum atomic E-state index is 0.259. The van der Waals surface area contributed by atoms with Crippen molar-refractivity contribution in [2.45, 2.75) is 38.6 Å². The molecule has 106 valence electrons. The van der Waals surface area contributed by atoms with E-state index in [9.17, 15) is 0 Å². The number of pyridine rings is 1. The molecule has 0 fully saturated rings. The van der Waals surface area contributed by atoms with Crippen molar-refractivity contribution in [1.82, 2.24) is 10.4 Å². The van der Waals surface area contributed by atoms with Crippen molar-refractivity contribution in [3.8, 4) is 0 Å². The molecule has 0 aliphatic rings. The van der Waals surface area contributed by atoms with Crippen molar-refractivity contribution in [1.29, 1.82) is 0 Å². The van der Waals surface area contributed by atoms with Crippen LogP contribution in [0.2, 0.25) is 0 Å². The lowest BCUT2D eigenvalue weighted by molar-refractivity contribution is 0.487. The first-order valence-electron chi connectivity index (χ1n) is 7.25. The Kier molecular flexibility index (Phi) is 5.71. The second-order valence-corrected chi connectivity index (χ2v) is 5.10. The van der Waals surface area contributed by atoms with Gasteiger partial charge in [-0.25, -0.2) is 0 Å². The summed E-state index contributed by atoms with van der Waals surface area (Å²) in [5.41, 5.74) is 6.63. The summed E-state index contributed by atoms with van der Waals surface area (Å²) in [5, 5.41) is 0. The van der Waals surface area contributed by atoms with E-state index in [0.717, 1.165) is 31.4 Å². The van der Waals surface area contributed by atoms with Gasteiger partial charge in [-0.15, -0.1) is 0 Å². The van der Waals surface area contributed by atoms with Crippen molar-refractivity contribution < 1.29 is 0 Å². The predicted molar refractivity (Wildman–Crippen MR) is 83.2 cm³/mol. The number of benzene rings is 1. The second-order valence-electron chi connectivity index (χ2n) is 5.10. The summed E-state index contributed by atoms with van der Waals surface area (Å²) in [6.07, 6.45) is 5.90. The van der Waals surface area contributed by atoms with Gasteiger partial charge in [-0.2, -0.15) is 0 Å². The van der Waals surface area contributed by atoms with E-state index in [-0.39, 0.29) is 6.04 Å². The van der Waals surface area contributed by atoms with Crippen LogP contribution >= 0.6 is 0 Å². The molecule has 2 aromatic rings. The quantitative estimate of drug-likeness (QED) is 0.600. The fourth-order valence-corrected chi connectivity index (χ4v) is 2.27. The van der Waals surface area contributed by atoms with E-state index in [1.54, 1.807) is 0 Å². The average molecular weight is 269 g/mol. The SMILES string of the molecule is CCc1ccc(CC(CCc2ccccc2)NN)nc1. The molecule has 0 saturated carbocycles. The van der Waals surface area contributed by atoms with Crippen LogP contribution in [-0.2, 0) is 19.3 Å². The minimum absolute atomic E-state index is 0.259. The molecule has 0 bridgehead atoms. The van der Waals surface area contributed by atoms with Gasteiger partial charge in [0.2, 0.25) is 0 Å². The summed E-state index contributed by atoms with van der Waals surface area (Å²) in [4.78, 5) is 4.50. The fourth-order valence-electron chi connectivity index (χ4n) is 2.27. The van der Waals surface area contributed by atoms with Crippen LogP contribution in [0.15, 0.2) is 48.7 Å². The Morgan fingerprint density at radius 2 is 1.90 bits per heavy atom. The maximum absolute atomic E-state index is 5.66. The second kappa shape index (κ2) is 7.78. The van der Waals surface area contributed by atoms with Crippen LogP contribution in [0, 0.1) is 0 Å². The number of hydrogen-bond donors (Lipinski definition) is 2. The molecule has 0 aliphatic heterocycles. The largest absolute Gasteiger partial charge is 0.271 e. The number of nitrogens with two attached hydrogens (primary N) is 1. The van der Waals surface area contributed by atoms with Gasteiger partial charge >= 0.3 is 0 Å². The number of hydrazine groups is 1. The summed E-state index contributed by atoms with van der Waals surface area (Å²) in [6, 6.07) is 15.0. The van der Waals surface area contributed by atoms with Crippen molar-refractivity contribution in [3.63, 3.8) is 0 Å². The van der Waals surface area contributed by atoms with Crippen LogP contribution in [0.4, 0.5) is 0 Å². The van der Waals surface area contributed by atoms with Crippen LogP contribution in [0.3, 0.4) is 0 Å². The van der Waals surface area contributed by atoms with E-state index in [2.05, 4.69) is 53.7 Å². The summed E-state index contributed by atoms with van der Waals surface area (Å²) in [6.45, 7) is 2.14. The number of hydrogen-bond acceptors (Lipinski definition) is 3. The number of aromatic nitrogens is 1. The molecule has 3 nitrogen and oxygen atoms in total. The summed E-state index contributed by atoms with van der Waals surface area (Å²) >= 11 is 0. The number of nitrogens with one attached hydrogen (secondary N) is 1. The van der Waals surface area contributed by atoms with Gasteiger partial charge in [0.15, 0.2) is 0 Å². The van der Waals surface area contributed by atoms with E-state index in [0.29, 0.717) is 0 Å². The van der Waals surface area contributed by atoms with Crippen molar-refractivity contribution in [2.24, 2.45) is 5.84 Å². The molecule has 0 amide bonds. The Labute approximate surface area is 121 Å². The van der Waals surface area contributed by atoms with Crippen LogP contribution in [0.1, 0.15) is 30.2 Å². The van der Waals surface area contributed by atoms with Gasteiger partial charge in [-0.1, -0.05) is 43.3 Å². The van der Waals surface area contributed by atoms with Crippen LogP contribution in [-0.4, -0.2) is 11.0 Å². The molecule has 1 aromatic carbocycles. The fraction of sp³-hybridized carbons (Fsp3) is 0.353. The molecule has 3 N–H and O–H groups in total. The molecule has 20 heavy (non-hydrogen) atoms. The topological polar surface area (TPSA) is 50.9 Å². The molecule has 1 aromatic heterocycles. The molecule has 1 heterocycles. The first-order chi connectivity index (χ1) is 9.81. The van der Waals surface area contributed by atoms with Gasteiger partial charge < -0.3 is 0 Å². The first-order valence-corrected chi connectivity index (χ1v) is 7.25. The van der Waals surface area contributed by atoms with Gasteiger partial charge in [-0.05, 0) is 36.5 Å². The third-order valence-electron chi connectivity index (χ3n) is 3.61. The Morgan fingerprint density at radius 3 is 2.50 bits per heavy atom. The number of rotatable bonds is 7. The summed E-state index contributed by atoms with van der Waals surface area (Å²) in [7, 11) is 0. The Bertz CT molecular complexity index is 493. The molecule has 0 radical (unpaired) electrons. The maximum atomic E-state index is 5.66. The molecule has 2 rings (SSSR count). The molecule has 1 atom stereocenters. The van der Waals surface area contributed by atoms with Gasteiger partial charge in [-0.3, -0.25) is 16.3 Å². The molecular weight excluding hydrogens is 246 g/mol. The highest BCUT2D eigenvalue weighted by atomic mass is 15.2. The lowest BCUT2D eigenvalue weighted by Crippen LogP contribution is -2.37. The van der Waals surface area contributed by atoms with Gasteiger partial charge in [0.25, 0.3) is 0 Å². The van der Waals surface area contributed by atoms with Crippen LogP contribution in [0.25, 0.3) is 0 Å². The summed E-state index contributed by atoms with van der Waals surface area (Å²) in [5.74, 6) is 5.66. The zero-order chi connectivity index (χ0) is 14.2. The minimum Gasteiger partial charge on any atom is -0.271 e. The highest BCUT2D eigenvalue weighted by Gasteiger charge is 2.09. The van der Waals surface area contributed by atoms with E-state index in [1.807, 2.05) is 12.3 Å². The van der Waals surface area contributed by atoms with E-state index >= 15 is 0 Å². The third-order valence-corrected chi connectivity index (χ3v) is 3.61. The highest BCUT2D eigenvalue weighted by Crippen LogP contribution is 2.09. The Morgan fingerprint density at radius 1 is 1.10 bits per heavy atom. The van der Waals surface area contributed by atoms with Gasteiger partial charge in [0.05, 0.1) is 0 Å². The molecule has 1 unspecified atom stereocenters. The maximum Gasteiger partial charge on any atom is 0.0419 e. The van der Waals surface area contributed by atoms with E-state index in [4.69, 9.17) is 5.84 Å². The lowest BCUT2D eigenvalue weighted by atomic mass is 10.0. The normalized spacial score (nSPS) is 12.3. The standard InChI is InChI=1S/C17H23N3/c1-2-14-8-10-16(19-13-14)12-17(20-18)11-9-15-6-4-3-5-7-15/h3-8,10,13,17,20H,2,9,11-12,18H2,1H3. The molecular formula is C17H23N3. The zero-order valence-corrected chi connectivity index (χ0v) is 12.0. The molecule has 0 aliphatic carbocycles. The van der Waals surface area contributed by atoms with Crippen molar-refractivity contribution in [2.75, 3.05) is 0 Å². The van der Waals surface area contributed by atoms with Gasteiger partial charge in [0.1, 0.15) is 0 Å². The van der Waals surface area contributed by atoms with E-state index < -0.39 is 0 Å². The van der Waals surface area contributed by atoms with Crippen molar-refractivity contribution in [3.05, 3.63) is 65.5 Å². The number of aryl methyl sites for hydroxylation is 2. The van der Waals surface area contributed by atoms with Gasteiger partial charge in [0, 0.05) is 24.4 Å². The molecule has 0 saturated heterocycles. The Balaban J connectivity index is 1.88. The van der Waals surface area contributed by atoms with Crippen LogP contribution < -0.4 is 11.3 Å². The smallest absolute Gasteiger partial charge is 0.0419 e. The number of nitrogens with zero attached hydrogens (tertiary/aromatic N) is 1. The summed E-state index contributed by atoms with van der Waals surface area (Å²) < 4.78 is 0. The predicted octanol–water partition coefficient (Wildman–Crippen LogP) is 2.65. The first kappa shape index (κ1) is 14.7. The highest BCUT2D eigenvalue weighted by molar-refractivity contribution is 5.16. The van der Waals surface area contributed by atoms with Crippen molar-refractivity contribution >= 4 is 0 Å². The molecule has 0 spiro atoms. The zero-order valence-electron chi connectivity index (χ0n) is 12.0. The Hall–Kier alpha value is -1.71. The van der Waals surface area contributed by atoms with Crippen LogP contribution in [0.5, 0.6) is 0 Å². The average Bonchev–Trinajstić information content (AvgIpc) is 2.53. The van der Waals surface area contributed by atoms with E-state index in [1.165, 1.54) is 11.1 Å².